The summed E-state index contributed by atoms with van der Waals surface area (Å²) in [6.07, 6.45) is -0.402. The fourth-order valence-electron chi connectivity index (χ4n) is 2.37. The first kappa shape index (κ1) is 19.8. The Bertz CT molecular complexity index is 941. The molecule has 0 saturated carbocycles. The summed E-state index contributed by atoms with van der Waals surface area (Å²) in [5, 5.41) is 17.3. The Labute approximate surface area is 155 Å². The monoisotopic (exact) mass is 393 g/mol. The van der Waals surface area contributed by atoms with Crippen LogP contribution in [0.1, 0.15) is 16.8 Å². The number of aliphatic carboxylic acids is 1. The maximum atomic E-state index is 12.4. The number of nitrogens with one attached hydrogen (secondary N) is 1. The van der Waals surface area contributed by atoms with E-state index in [2.05, 4.69) is 0 Å². The van der Waals surface area contributed by atoms with Gasteiger partial charge in [0.2, 0.25) is 5.78 Å². The van der Waals surface area contributed by atoms with Crippen LogP contribution in [0, 0.1) is 11.3 Å². The van der Waals surface area contributed by atoms with Crippen molar-refractivity contribution in [3.63, 3.8) is 0 Å². The minimum Gasteiger partial charge on any atom is -0.481 e. The van der Waals surface area contributed by atoms with Crippen LogP contribution in [0.15, 0.2) is 59.5 Å². The van der Waals surface area contributed by atoms with Crippen molar-refractivity contribution >= 4 is 38.9 Å². The van der Waals surface area contributed by atoms with Gasteiger partial charge in [-0.1, -0.05) is 54.1 Å². The molecule has 0 saturated heterocycles. The highest BCUT2D eigenvalue weighted by Crippen LogP contribution is 2.23. The highest BCUT2D eigenvalue weighted by molar-refractivity contribution is 7.91. The Morgan fingerprint density at radius 1 is 1.04 bits per heavy atom. The number of carbonyl (C=O) groups excluding carboxylic acids is 1. The van der Waals surface area contributed by atoms with Gasteiger partial charge in [0, 0.05) is 5.56 Å². The molecular formula is C18H16ClNO5S. The average Bonchev–Trinajstić information content (AvgIpc) is 2.61. The van der Waals surface area contributed by atoms with Crippen LogP contribution >= 0.6 is 11.6 Å². The Balaban J connectivity index is 2.19. The van der Waals surface area contributed by atoms with Gasteiger partial charge in [-0.25, -0.2) is 8.42 Å². The summed E-state index contributed by atoms with van der Waals surface area (Å²) in [4.78, 5) is 23.7. The van der Waals surface area contributed by atoms with Crippen molar-refractivity contribution in [2.75, 3.05) is 5.75 Å². The number of rotatable bonds is 8. The molecule has 0 spiro atoms. The lowest BCUT2D eigenvalue weighted by Crippen LogP contribution is -2.31. The number of benzene rings is 2. The normalized spacial score (nSPS) is 12.3. The highest BCUT2D eigenvalue weighted by Gasteiger charge is 2.30. The second kappa shape index (κ2) is 8.25. The van der Waals surface area contributed by atoms with Crippen LogP contribution in [0.25, 0.3) is 0 Å². The number of Topliss-reactive ketones (excluding diaryl/α,β-unsaturated/α-hetero) is 1. The molecule has 0 bridgehead atoms. The van der Waals surface area contributed by atoms with E-state index in [-0.39, 0.29) is 15.5 Å². The topological polar surface area (TPSA) is 112 Å². The first-order valence-electron chi connectivity index (χ1n) is 7.62. The lowest BCUT2D eigenvalue weighted by atomic mass is 9.94. The predicted molar refractivity (Wildman–Crippen MR) is 97.7 cm³/mol. The summed E-state index contributed by atoms with van der Waals surface area (Å²) in [6.45, 7) is 0. The molecule has 26 heavy (non-hydrogen) atoms. The Hall–Kier alpha value is -2.51. The van der Waals surface area contributed by atoms with Crippen molar-refractivity contribution in [3.05, 3.63) is 65.2 Å². The largest absolute Gasteiger partial charge is 0.481 e. The molecule has 0 heterocycles. The van der Waals surface area contributed by atoms with Gasteiger partial charge in [-0.2, -0.15) is 0 Å². The molecule has 0 aliphatic heterocycles. The Kier molecular flexibility index (Phi) is 6.28. The molecule has 2 rings (SSSR count). The SMILES string of the molecule is N=C(C(=O)c1ccccc1)C(CCS(=O)(=O)c1ccccc1Cl)C(=O)O. The highest BCUT2D eigenvalue weighted by atomic mass is 35.5. The van der Waals surface area contributed by atoms with E-state index >= 15 is 0 Å². The molecular weight excluding hydrogens is 378 g/mol. The van der Waals surface area contributed by atoms with Gasteiger partial charge in [0.25, 0.3) is 0 Å². The smallest absolute Gasteiger partial charge is 0.312 e. The Morgan fingerprint density at radius 2 is 1.62 bits per heavy atom. The first-order chi connectivity index (χ1) is 12.2. The number of hydrogen-bond donors (Lipinski definition) is 2. The summed E-state index contributed by atoms with van der Waals surface area (Å²) >= 11 is 5.89. The van der Waals surface area contributed by atoms with E-state index < -0.39 is 45.4 Å². The second-order valence-corrected chi connectivity index (χ2v) is 8.02. The van der Waals surface area contributed by atoms with Gasteiger partial charge in [0.1, 0.15) is 5.92 Å². The zero-order valence-electron chi connectivity index (χ0n) is 13.6. The minimum absolute atomic E-state index is 0.0369. The molecule has 2 aromatic carbocycles. The molecule has 2 aromatic rings. The van der Waals surface area contributed by atoms with Gasteiger partial charge in [-0.3, -0.25) is 9.59 Å². The number of sulfone groups is 1. The lowest BCUT2D eigenvalue weighted by Gasteiger charge is -2.14. The van der Waals surface area contributed by atoms with Crippen LogP contribution in [0.4, 0.5) is 0 Å². The number of carbonyl (C=O) groups is 2. The van der Waals surface area contributed by atoms with Crippen LogP contribution in [0.3, 0.4) is 0 Å². The number of hydrogen-bond acceptors (Lipinski definition) is 5. The second-order valence-electron chi connectivity index (χ2n) is 5.54. The van der Waals surface area contributed by atoms with E-state index in [1.54, 1.807) is 24.3 Å². The molecule has 2 N–H and O–H groups in total. The van der Waals surface area contributed by atoms with Crippen LogP contribution < -0.4 is 0 Å². The van der Waals surface area contributed by atoms with E-state index in [4.69, 9.17) is 17.0 Å². The third kappa shape index (κ3) is 4.56. The average molecular weight is 394 g/mol. The van der Waals surface area contributed by atoms with Crippen molar-refractivity contribution in [2.24, 2.45) is 5.92 Å². The third-order valence-electron chi connectivity index (χ3n) is 3.77. The number of carboxylic acids is 1. The maximum Gasteiger partial charge on any atom is 0.312 e. The maximum absolute atomic E-state index is 12.4. The van der Waals surface area contributed by atoms with Crippen molar-refractivity contribution in [3.8, 4) is 0 Å². The summed E-state index contributed by atoms with van der Waals surface area (Å²) in [5.74, 6) is -4.24. The van der Waals surface area contributed by atoms with E-state index in [0.29, 0.717) is 0 Å². The van der Waals surface area contributed by atoms with Gasteiger partial charge < -0.3 is 10.5 Å². The Morgan fingerprint density at radius 3 is 2.19 bits per heavy atom. The third-order valence-corrected chi connectivity index (χ3v) is 6.02. The molecule has 1 atom stereocenters. The molecule has 0 radical (unpaired) electrons. The van der Waals surface area contributed by atoms with Gasteiger partial charge >= 0.3 is 5.97 Å². The molecule has 6 nitrogen and oxygen atoms in total. The minimum atomic E-state index is -3.85. The lowest BCUT2D eigenvalue weighted by molar-refractivity contribution is -0.139. The molecule has 0 aromatic heterocycles. The molecule has 0 amide bonds. The van der Waals surface area contributed by atoms with E-state index in [1.807, 2.05) is 0 Å². The van der Waals surface area contributed by atoms with Crippen LogP contribution in [-0.4, -0.2) is 36.7 Å². The van der Waals surface area contributed by atoms with Crippen molar-refractivity contribution in [2.45, 2.75) is 11.3 Å². The molecule has 0 aliphatic rings. The summed E-state index contributed by atoms with van der Waals surface area (Å²) in [5.41, 5.74) is -0.476. The fourth-order valence-corrected chi connectivity index (χ4v) is 4.28. The van der Waals surface area contributed by atoms with Crippen molar-refractivity contribution in [1.82, 2.24) is 0 Å². The van der Waals surface area contributed by atoms with Gasteiger partial charge in [0.05, 0.1) is 21.4 Å². The van der Waals surface area contributed by atoms with Crippen LogP contribution in [0.2, 0.25) is 5.02 Å². The first-order valence-corrected chi connectivity index (χ1v) is 9.65. The predicted octanol–water partition coefficient (Wildman–Crippen LogP) is 3.11. The van der Waals surface area contributed by atoms with Gasteiger partial charge in [-0.05, 0) is 18.6 Å². The van der Waals surface area contributed by atoms with Crippen molar-refractivity contribution in [1.29, 1.82) is 5.41 Å². The number of ketones is 1. The molecule has 0 fully saturated rings. The van der Waals surface area contributed by atoms with E-state index in [0.717, 1.165) is 0 Å². The molecule has 1 unspecified atom stereocenters. The van der Waals surface area contributed by atoms with Gasteiger partial charge in [-0.15, -0.1) is 0 Å². The molecule has 136 valence electrons. The van der Waals surface area contributed by atoms with Crippen LogP contribution in [-0.2, 0) is 14.6 Å². The summed E-state index contributed by atoms with van der Waals surface area (Å²) in [6, 6.07) is 13.6. The quantitative estimate of drug-likeness (QED) is 0.528. The summed E-state index contributed by atoms with van der Waals surface area (Å²) < 4.78 is 24.8. The fraction of sp³-hybridized carbons (Fsp3) is 0.167. The molecule has 0 aliphatic carbocycles. The zero-order chi connectivity index (χ0) is 19.3. The van der Waals surface area contributed by atoms with E-state index in [1.165, 1.54) is 30.3 Å². The number of carboxylic acid groups (broad SMARTS) is 1. The zero-order valence-corrected chi connectivity index (χ0v) is 15.1. The van der Waals surface area contributed by atoms with Gasteiger partial charge in [0.15, 0.2) is 9.84 Å². The molecule has 8 heteroatoms. The van der Waals surface area contributed by atoms with Crippen molar-refractivity contribution < 1.29 is 23.1 Å². The number of halogens is 1. The van der Waals surface area contributed by atoms with Crippen LogP contribution in [0.5, 0.6) is 0 Å². The standard InChI is InChI=1S/C18H16ClNO5S/c19-14-8-4-5-9-15(14)26(24,25)11-10-13(18(22)23)16(20)17(21)12-6-2-1-3-7-12/h1-9,13,20H,10-11H2,(H,22,23). The van der Waals surface area contributed by atoms with E-state index in [9.17, 15) is 23.1 Å². The summed E-state index contributed by atoms with van der Waals surface area (Å²) in [7, 11) is -3.85.